The summed E-state index contributed by atoms with van der Waals surface area (Å²) in [6.45, 7) is 0. The Balaban J connectivity index is 1.76. The molecule has 0 saturated carbocycles. The molecule has 1 aromatic heterocycles. The lowest BCUT2D eigenvalue weighted by atomic mass is 9.95. The zero-order valence-corrected chi connectivity index (χ0v) is 10.8. The first-order valence-electron chi connectivity index (χ1n) is 5.32. The fraction of sp³-hybridized carbons (Fsp3) is 0.600. The number of fused-ring (bicyclic) bond motifs is 2. The van der Waals surface area contributed by atoms with Crippen LogP contribution in [0.1, 0.15) is 19.3 Å². The van der Waals surface area contributed by atoms with Crippen molar-refractivity contribution >= 4 is 33.3 Å². The van der Waals surface area contributed by atoms with Gasteiger partial charge in [0.1, 0.15) is 5.82 Å². The molecule has 2 aliphatic rings. The molecule has 3 atom stereocenters. The molecule has 2 fully saturated rings. The fourth-order valence-corrected chi connectivity index (χ4v) is 2.85. The van der Waals surface area contributed by atoms with Gasteiger partial charge in [0.15, 0.2) is 0 Å². The predicted molar refractivity (Wildman–Crippen MR) is 64.7 cm³/mol. The van der Waals surface area contributed by atoms with E-state index in [9.17, 15) is 0 Å². The van der Waals surface area contributed by atoms with Gasteiger partial charge in [-0.3, -0.25) is 0 Å². The summed E-state index contributed by atoms with van der Waals surface area (Å²) in [5.41, 5.74) is 0. The molecule has 3 rings (SSSR count). The van der Waals surface area contributed by atoms with Crippen molar-refractivity contribution in [3.63, 3.8) is 0 Å². The molecular weight excluding hydrogens is 293 g/mol. The highest BCUT2D eigenvalue weighted by Crippen LogP contribution is 2.36. The molecule has 0 spiro atoms. The van der Waals surface area contributed by atoms with Crippen molar-refractivity contribution in [2.45, 2.75) is 37.5 Å². The van der Waals surface area contributed by atoms with E-state index >= 15 is 0 Å². The van der Waals surface area contributed by atoms with Gasteiger partial charge in [-0.25, -0.2) is 4.98 Å². The first-order valence-corrected chi connectivity index (χ1v) is 6.49. The Labute approximate surface area is 107 Å². The van der Waals surface area contributed by atoms with Crippen LogP contribution in [0.2, 0.25) is 5.28 Å². The molecule has 1 N–H and O–H groups in total. The molecule has 6 heteroatoms. The lowest BCUT2D eigenvalue weighted by Gasteiger charge is -2.21. The summed E-state index contributed by atoms with van der Waals surface area (Å²) < 4.78 is 6.61. The Morgan fingerprint density at radius 1 is 1.50 bits per heavy atom. The summed E-state index contributed by atoms with van der Waals surface area (Å²) in [7, 11) is 0. The van der Waals surface area contributed by atoms with E-state index in [1.165, 1.54) is 6.42 Å². The maximum atomic E-state index is 5.77. The molecule has 16 heavy (non-hydrogen) atoms. The summed E-state index contributed by atoms with van der Waals surface area (Å²) in [5, 5.41) is 3.63. The number of hydrogen-bond acceptors (Lipinski definition) is 4. The van der Waals surface area contributed by atoms with Crippen LogP contribution >= 0.6 is 27.5 Å². The van der Waals surface area contributed by atoms with Crippen molar-refractivity contribution < 1.29 is 4.74 Å². The Kier molecular flexibility index (Phi) is 2.77. The largest absolute Gasteiger partial charge is 0.373 e. The summed E-state index contributed by atoms with van der Waals surface area (Å²) in [4.78, 5) is 8.06. The summed E-state index contributed by atoms with van der Waals surface area (Å²) >= 11 is 9.17. The van der Waals surface area contributed by atoms with Gasteiger partial charge in [0.2, 0.25) is 5.28 Å². The van der Waals surface area contributed by atoms with E-state index in [0.29, 0.717) is 18.2 Å². The number of nitrogens with one attached hydrogen (secondary N) is 1. The van der Waals surface area contributed by atoms with Crippen molar-refractivity contribution in [1.82, 2.24) is 9.97 Å². The van der Waals surface area contributed by atoms with Gasteiger partial charge < -0.3 is 10.1 Å². The Morgan fingerprint density at radius 3 is 3.06 bits per heavy atom. The number of aromatic nitrogens is 2. The Hall–Kier alpha value is -0.390. The van der Waals surface area contributed by atoms with E-state index in [0.717, 1.165) is 23.1 Å². The molecule has 3 heterocycles. The van der Waals surface area contributed by atoms with Crippen LogP contribution in [0.5, 0.6) is 0 Å². The molecule has 0 radical (unpaired) electrons. The van der Waals surface area contributed by atoms with Crippen molar-refractivity contribution in [2.75, 3.05) is 5.32 Å². The number of rotatable bonds is 2. The molecule has 86 valence electrons. The second-order valence-corrected chi connectivity index (χ2v) is 5.39. The summed E-state index contributed by atoms with van der Waals surface area (Å²) in [5.74, 6) is 0.751. The van der Waals surface area contributed by atoms with E-state index in [-0.39, 0.29) is 5.28 Å². The molecule has 0 aromatic carbocycles. The smallest absolute Gasteiger partial charge is 0.224 e. The molecular formula is C10H11BrClN3O. The highest BCUT2D eigenvalue weighted by Gasteiger charge is 2.41. The molecule has 0 aliphatic carbocycles. The van der Waals surface area contributed by atoms with Crippen LogP contribution < -0.4 is 5.32 Å². The SMILES string of the molecule is Clc1ncc(Br)c(NC2CC3CCC2O3)n1. The molecule has 0 amide bonds. The van der Waals surface area contributed by atoms with E-state index in [2.05, 4.69) is 31.2 Å². The fourth-order valence-electron chi connectivity index (χ4n) is 2.41. The van der Waals surface area contributed by atoms with Gasteiger partial charge in [0, 0.05) is 6.20 Å². The van der Waals surface area contributed by atoms with Crippen LogP contribution in [0.4, 0.5) is 5.82 Å². The van der Waals surface area contributed by atoms with Gasteiger partial charge in [-0.1, -0.05) is 0 Å². The van der Waals surface area contributed by atoms with Crippen LogP contribution in [0.25, 0.3) is 0 Å². The van der Waals surface area contributed by atoms with Crippen LogP contribution in [0, 0.1) is 0 Å². The molecule has 2 saturated heterocycles. The normalized spacial score (nSPS) is 32.0. The second kappa shape index (κ2) is 4.13. The number of ether oxygens (including phenoxy) is 1. The van der Waals surface area contributed by atoms with E-state index in [4.69, 9.17) is 16.3 Å². The summed E-state index contributed by atoms with van der Waals surface area (Å²) in [6, 6.07) is 0.348. The minimum absolute atomic E-state index is 0.259. The van der Waals surface area contributed by atoms with Crippen LogP contribution in [0.15, 0.2) is 10.7 Å². The number of anilines is 1. The van der Waals surface area contributed by atoms with Gasteiger partial charge in [-0.2, -0.15) is 4.98 Å². The standard InChI is InChI=1S/C10H11BrClN3O/c11-6-4-13-10(12)15-9(6)14-7-3-5-1-2-8(7)16-5/h4-5,7-8H,1-3H2,(H,13,14,15). The third kappa shape index (κ3) is 1.92. The first-order chi connectivity index (χ1) is 7.72. The van der Waals surface area contributed by atoms with E-state index in [1.807, 2.05) is 0 Å². The van der Waals surface area contributed by atoms with Crippen LogP contribution in [-0.2, 0) is 4.74 Å². The number of nitrogens with zero attached hydrogens (tertiary/aromatic N) is 2. The molecule has 3 unspecified atom stereocenters. The van der Waals surface area contributed by atoms with Crippen molar-refractivity contribution in [3.8, 4) is 0 Å². The Bertz CT molecular complexity index is 417. The van der Waals surface area contributed by atoms with Crippen LogP contribution in [0.3, 0.4) is 0 Å². The topological polar surface area (TPSA) is 47.0 Å². The highest BCUT2D eigenvalue weighted by molar-refractivity contribution is 9.10. The lowest BCUT2D eigenvalue weighted by molar-refractivity contribution is 0.102. The zero-order chi connectivity index (χ0) is 11.1. The minimum Gasteiger partial charge on any atom is -0.373 e. The first kappa shape index (κ1) is 10.7. The second-order valence-electron chi connectivity index (χ2n) is 4.20. The van der Waals surface area contributed by atoms with Crippen LogP contribution in [-0.4, -0.2) is 28.2 Å². The predicted octanol–water partition coefficient (Wildman–Crippen LogP) is 2.62. The lowest BCUT2D eigenvalue weighted by Crippen LogP contribution is -2.31. The van der Waals surface area contributed by atoms with Crippen molar-refractivity contribution in [1.29, 1.82) is 0 Å². The number of hydrogen-bond donors (Lipinski definition) is 1. The van der Waals surface area contributed by atoms with Gasteiger partial charge in [0.25, 0.3) is 0 Å². The molecule has 4 nitrogen and oxygen atoms in total. The van der Waals surface area contributed by atoms with E-state index in [1.54, 1.807) is 6.20 Å². The van der Waals surface area contributed by atoms with Crippen molar-refractivity contribution in [3.05, 3.63) is 16.0 Å². The third-order valence-electron chi connectivity index (χ3n) is 3.14. The van der Waals surface area contributed by atoms with Gasteiger partial charge in [0.05, 0.1) is 22.7 Å². The number of halogens is 2. The van der Waals surface area contributed by atoms with E-state index < -0.39 is 0 Å². The average molecular weight is 305 g/mol. The van der Waals surface area contributed by atoms with Gasteiger partial charge in [-0.05, 0) is 46.8 Å². The minimum atomic E-state index is 0.259. The van der Waals surface area contributed by atoms with Gasteiger partial charge >= 0.3 is 0 Å². The Morgan fingerprint density at radius 2 is 2.38 bits per heavy atom. The third-order valence-corrected chi connectivity index (χ3v) is 3.91. The highest BCUT2D eigenvalue weighted by atomic mass is 79.9. The quantitative estimate of drug-likeness (QED) is 0.853. The maximum Gasteiger partial charge on any atom is 0.224 e. The van der Waals surface area contributed by atoms with Crippen molar-refractivity contribution in [2.24, 2.45) is 0 Å². The molecule has 2 aliphatic heterocycles. The summed E-state index contributed by atoms with van der Waals surface area (Å²) in [6.07, 6.45) is 5.79. The zero-order valence-electron chi connectivity index (χ0n) is 8.49. The maximum absolute atomic E-state index is 5.77. The monoisotopic (exact) mass is 303 g/mol. The van der Waals surface area contributed by atoms with Gasteiger partial charge in [-0.15, -0.1) is 0 Å². The molecule has 1 aromatic rings. The molecule has 2 bridgehead atoms. The average Bonchev–Trinajstić information content (AvgIpc) is 2.85.